The number of carbonyl (C=O) groups excluding carboxylic acids is 2. The minimum absolute atomic E-state index is 0.0256. The molecule has 1 unspecified atom stereocenters. The van der Waals surface area contributed by atoms with Crippen LogP contribution in [0.5, 0.6) is 0 Å². The van der Waals surface area contributed by atoms with Crippen molar-refractivity contribution in [1.82, 2.24) is 19.8 Å². The van der Waals surface area contributed by atoms with E-state index in [4.69, 9.17) is 0 Å². The third kappa shape index (κ3) is 6.60. The molecule has 8 nitrogen and oxygen atoms in total. The lowest BCUT2D eigenvalue weighted by molar-refractivity contribution is -0.120. The first-order valence-electron chi connectivity index (χ1n) is 8.95. The van der Waals surface area contributed by atoms with Crippen LogP contribution in [0.3, 0.4) is 0 Å². The van der Waals surface area contributed by atoms with E-state index in [1.807, 2.05) is 6.92 Å². The van der Waals surface area contributed by atoms with E-state index in [0.717, 1.165) is 17.4 Å². The van der Waals surface area contributed by atoms with Gasteiger partial charge in [0.25, 0.3) is 5.91 Å². The number of nitrogens with one attached hydrogen (secondary N) is 2. The van der Waals surface area contributed by atoms with Crippen LogP contribution in [-0.4, -0.2) is 75.8 Å². The van der Waals surface area contributed by atoms with Gasteiger partial charge in [0.05, 0.1) is 11.4 Å². The molecule has 9 heteroatoms. The number of amides is 2. The second-order valence-electron chi connectivity index (χ2n) is 6.37. The fourth-order valence-corrected chi connectivity index (χ4v) is 3.52. The lowest BCUT2D eigenvalue weighted by Crippen LogP contribution is -2.44. The third-order valence-electron chi connectivity index (χ3n) is 4.31. The van der Waals surface area contributed by atoms with Crippen molar-refractivity contribution >= 4 is 21.8 Å². The molecule has 0 aliphatic heterocycles. The topological polar surface area (TPSA) is 98.8 Å². The quantitative estimate of drug-likeness (QED) is 0.598. The van der Waals surface area contributed by atoms with Gasteiger partial charge in [0, 0.05) is 32.2 Å². The third-order valence-corrected chi connectivity index (χ3v) is 6.13. The predicted molar refractivity (Wildman–Crippen MR) is 105 cm³/mol. The highest BCUT2D eigenvalue weighted by Gasteiger charge is 2.19. The van der Waals surface area contributed by atoms with E-state index in [1.165, 1.54) is 38.4 Å². The Morgan fingerprint density at radius 3 is 2.30 bits per heavy atom. The van der Waals surface area contributed by atoms with E-state index in [1.54, 1.807) is 0 Å². The van der Waals surface area contributed by atoms with E-state index in [0.29, 0.717) is 6.54 Å². The zero-order valence-corrected chi connectivity index (χ0v) is 17.5. The van der Waals surface area contributed by atoms with Crippen molar-refractivity contribution in [3.05, 3.63) is 29.8 Å². The van der Waals surface area contributed by atoms with Crippen molar-refractivity contribution in [2.75, 3.05) is 40.3 Å². The van der Waals surface area contributed by atoms with Crippen molar-refractivity contribution in [3.8, 4) is 0 Å². The molecular weight excluding hydrogens is 368 g/mol. The van der Waals surface area contributed by atoms with Crippen LogP contribution >= 0.6 is 0 Å². The molecule has 1 atom stereocenters. The minimum atomic E-state index is -3.63. The zero-order valence-electron chi connectivity index (χ0n) is 16.7. The molecular formula is C18H30N4O4S. The highest BCUT2D eigenvalue weighted by molar-refractivity contribution is 7.89. The molecule has 0 bridgehead atoms. The van der Waals surface area contributed by atoms with Gasteiger partial charge in [-0.3, -0.25) is 14.5 Å². The highest BCUT2D eigenvalue weighted by Crippen LogP contribution is 2.14. The number of benzene rings is 1. The van der Waals surface area contributed by atoms with Crippen molar-refractivity contribution < 1.29 is 18.0 Å². The van der Waals surface area contributed by atoms with Gasteiger partial charge >= 0.3 is 0 Å². The highest BCUT2D eigenvalue weighted by atomic mass is 32.2. The average molecular weight is 399 g/mol. The molecule has 0 spiro atoms. The Bertz CT molecular complexity index is 745. The summed E-state index contributed by atoms with van der Waals surface area (Å²) in [5.41, 5.74) is 0.183. The van der Waals surface area contributed by atoms with Crippen LogP contribution in [0, 0.1) is 0 Å². The van der Waals surface area contributed by atoms with Crippen molar-refractivity contribution in [1.29, 1.82) is 0 Å². The van der Waals surface area contributed by atoms with Crippen LogP contribution < -0.4 is 10.6 Å². The van der Waals surface area contributed by atoms with E-state index >= 15 is 0 Å². The van der Waals surface area contributed by atoms with Gasteiger partial charge in [-0.05, 0) is 38.2 Å². The summed E-state index contributed by atoms with van der Waals surface area (Å²) in [7, 11) is -0.782. The molecule has 0 aliphatic rings. The van der Waals surface area contributed by atoms with E-state index < -0.39 is 15.9 Å². The first-order valence-corrected chi connectivity index (χ1v) is 10.4. The molecule has 0 saturated heterocycles. The first-order chi connectivity index (χ1) is 12.6. The molecule has 27 heavy (non-hydrogen) atoms. The molecule has 1 rings (SSSR count). The Labute approximate surface area is 162 Å². The molecule has 0 saturated carbocycles. The fraction of sp³-hybridized carbons (Fsp3) is 0.556. The molecule has 0 aromatic heterocycles. The SMILES string of the molecule is CCN(CC)C(C)CNC(=O)CNC(=O)c1cccc(S(=O)(=O)N(C)C)c1. The molecule has 0 radical (unpaired) electrons. The summed E-state index contributed by atoms with van der Waals surface area (Å²) in [5.74, 6) is -0.794. The zero-order chi connectivity index (χ0) is 20.6. The summed E-state index contributed by atoms with van der Waals surface area (Å²) in [5, 5.41) is 5.31. The van der Waals surface area contributed by atoms with Gasteiger partial charge in [-0.15, -0.1) is 0 Å². The number of rotatable bonds is 10. The normalized spacial score (nSPS) is 12.9. The molecule has 1 aromatic rings. The van der Waals surface area contributed by atoms with Gasteiger partial charge < -0.3 is 10.6 Å². The first kappa shape index (κ1) is 23.1. The minimum Gasteiger partial charge on any atom is -0.353 e. The van der Waals surface area contributed by atoms with Crippen molar-refractivity contribution in [2.45, 2.75) is 31.7 Å². The molecule has 2 amide bonds. The summed E-state index contributed by atoms with van der Waals surface area (Å²) in [6.07, 6.45) is 0. The number of carbonyl (C=O) groups is 2. The number of hydrogen-bond acceptors (Lipinski definition) is 5. The monoisotopic (exact) mass is 398 g/mol. The van der Waals surface area contributed by atoms with Crippen LogP contribution in [0.15, 0.2) is 29.2 Å². The lowest BCUT2D eigenvalue weighted by Gasteiger charge is -2.26. The Morgan fingerprint density at radius 1 is 1.11 bits per heavy atom. The van der Waals surface area contributed by atoms with Crippen LogP contribution in [0.25, 0.3) is 0 Å². The maximum atomic E-state index is 12.2. The van der Waals surface area contributed by atoms with Crippen LogP contribution in [-0.2, 0) is 14.8 Å². The Balaban J connectivity index is 2.61. The summed E-state index contributed by atoms with van der Waals surface area (Å²) in [6.45, 7) is 8.27. The molecule has 1 aromatic carbocycles. The molecule has 0 aliphatic carbocycles. The Hall–Kier alpha value is -1.97. The smallest absolute Gasteiger partial charge is 0.251 e. The van der Waals surface area contributed by atoms with Crippen LogP contribution in [0.1, 0.15) is 31.1 Å². The fourth-order valence-electron chi connectivity index (χ4n) is 2.57. The van der Waals surface area contributed by atoms with Crippen molar-refractivity contribution in [3.63, 3.8) is 0 Å². The van der Waals surface area contributed by atoms with Gasteiger partial charge in [-0.25, -0.2) is 12.7 Å². The molecule has 0 heterocycles. The number of sulfonamides is 1. The number of likely N-dealkylation sites (N-methyl/N-ethyl adjacent to an activating group) is 1. The Kier molecular flexibility index (Phi) is 8.87. The second kappa shape index (κ2) is 10.4. The van der Waals surface area contributed by atoms with E-state index in [2.05, 4.69) is 29.4 Å². The van der Waals surface area contributed by atoms with Gasteiger partial charge in [0.1, 0.15) is 0 Å². The van der Waals surface area contributed by atoms with Gasteiger partial charge in [0.15, 0.2) is 0 Å². The molecule has 152 valence electrons. The molecule has 2 N–H and O–H groups in total. The maximum Gasteiger partial charge on any atom is 0.251 e. The van der Waals surface area contributed by atoms with E-state index in [9.17, 15) is 18.0 Å². The Morgan fingerprint density at radius 2 is 1.74 bits per heavy atom. The largest absolute Gasteiger partial charge is 0.353 e. The predicted octanol–water partition coefficient (Wildman–Crippen LogP) is 0.513. The summed E-state index contributed by atoms with van der Waals surface area (Å²) in [6, 6.07) is 5.92. The average Bonchev–Trinajstić information content (AvgIpc) is 2.65. The summed E-state index contributed by atoms with van der Waals surface area (Å²) >= 11 is 0. The van der Waals surface area contributed by atoms with Crippen LogP contribution in [0.4, 0.5) is 0 Å². The number of hydrogen-bond donors (Lipinski definition) is 2. The summed E-state index contributed by atoms with van der Waals surface area (Å²) in [4.78, 5) is 26.4. The van der Waals surface area contributed by atoms with Crippen LogP contribution in [0.2, 0.25) is 0 Å². The van der Waals surface area contributed by atoms with Gasteiger partial charge in [0.2, 0.25) is 15.9 Å². The number of nitrogens with zero attached hydrogens (tertiary/aromatic N) is 2. The standard InChI is InChI=1S/C18H30N4O4S/c1-6-22(7-2)14(3)12-19-17(23)13-20-18(24)15-9-8-10-16(11-15)27(25,26)21(4)5/h8-11,14H,6-7,12-13H2,1-5H3,(H,19,23)(H,20,24). The molecule has 0 fully saturated rings. The second-order valence-corrected chi connectivity index (χ2v) is 8.52. The van der Waals surface area contributed by atoms with Gasteiger partial charge in [-0.1, -0.05) is 19.9 Å². The van der Waals surface area contributed by atoms with Crippen molar-refractivity contribution in [2.24, 2.45) is 0 Å². The summed E-state index contributed by atoms with van der Waals surface area (Å²) < 4.78 is 25.4. The van der Waals surface area contributed by atoms with Gasteiger partial charge in [-0.2, -0.15) is 0 Å². The lowest BCUT2D eigenvalue weighted by atomic mass is 10.2. The van der Waals surface area contributed by atoms with E-state index in [-0.39, 0.29) is 29.0 Å². The maximum absolute atomic E-state index is 12.2.